The molecule has 0 heterocycles. The van der Waals surface area contributed by atoms with Crippen molar-refractivity contribution in [1.82, 2.24) is 0 Å². The molecule has 0 radical (unpaired) electrons. The fourth-order valence-electron chi connectivity index (χ4n) is 2.56. The summed E-state index contributed by atoms with van der Waals surface area (Å²) in [5.74, 6) is -1.43. The lowest BCUT2D eigenvalue weighted by Gasteiger charge is -2.26. The molecule has 0 bridgehead atoms. The van der Waals surface area contributed by atoms with Crippen LogP contribution in [0, 0.1) is 0 Å². The number of carbonyl (C=O) groups excluding carboxylic acids is 2. The molecule has 0 amide bonds. The molecule has 0 aromatic heterocycles. The van der Waals surface area contributed by atoms with E-state index in [4.69, 9.17) is 10.5 Å². The fraction of sp³-hybridized carbons (Fsp3) is 0.889. The highest BCUT2D eigenvalue weighted by molar-refractivity contribution is 5.89. The van der Waals surface area contributed by atoms with Crippen molar-refractivity contribution < 1.29 is 32.2 Å². The Kier molecular flexibility index (Phi) is 12.5. The van der Waals surface area contributed by atoms with Crippen molar-refractivity contribution in [2.75, 3.05) is 13.2 Å². The Hall–Kier alpha value is -1.15. The predicted octanol–water partition coefficient (Wildman–Crippen LogP) is 4.27. The minimum Gasteiger partial charge on any atom is -0.465 e. The molecule has 0 aliphatic rings. The number of hydrogen-bond acceptors (Lipinski definition) is 5. The zero-order chi connectivity index (χ0) is 20.1. The molecule has 8 heteroatoms. The summed E-state index contributed by atoms with van der Waals surface area (Å²) < 4.78 is 45.1. The van der Waals surface area contributed by atoms with E-state index in [2.05, 4.69) is 11.7 Å². The zero-order valence-corrected chi connectivity index (χ0v) is 15.8. The predicted molar refractivity (Wildman–Crippen MR) is 92.4 cm³/mol. The monoisotopic (exact) mass is 383 g/mol. The zero-order valence-electron chi connectivity index (χ0n) is 15.8. The maximum Gasteiger partial charge on any atom is 0.522 e. The SMILES string of the molecule is CCCCCCCCCCC(=O)CC(N)(COC(F)(F)F)C(=O)OCC. The molecule has 0 saturated carbocycles. The van der Waals surface area contributed by atoms with Crippen LogP contribution in [0.2, 0.25) is 0 Å². The number of unbranched alkanes of at least 4 members (excludes halogenated alkanes) is 7. The highest BCUT2D eigenvalue weighted by Crippen LogP contribution is 2.21. The van der Waals surface area contributed by atoms with Crippen LogP contribution in [0.1, 0.15) is 78.1 Å². The Morgan fingerprint density at radius 2 is 1.46 bits per heavy atom. The molecule has 1 unspecified atom stereocenters. The van der Waals surface area contributed by atoms with Gasteiger partial charge in [-0.2, -0.15) is 0 Å². The van der Waals surface area contributed by atoms with E-state index in [1.165, 1.54) is 32.6 Å². The van der Waals surface area contributed by atoms with Gasteiger partial charge in [-0.25, -0.2) is 4.79 Å². The van der Waals surface area contributed by atoms with E-state index < -0.39 is 30.9 Å². The summed E-state index contributed by atoms with van der Waals surface area (Å²) in [6, 6.07) is 0. The molecular weight excluding hydrogens is 351 g/mol. The Labute approximate surface area is 153 Å². The minimum atomic E-state index is -4.93. The summed E-state index contributed by atoms with van der Waals surface area (Å²) in [5.41, 5.74) is 3.59. The Morgan fingerprint density at radius 3 is 1.96 bits per heavy atom. The van der Waals surface area contributed by atoms with Gasteiger partial charge in [0.25, 0.3) is 0 Å². The van der Waals surface area contributed by atoms with Crippen LogP contribution >= 0.6 is 0 Å². The summed E-state index contributed by atoms with van der Waals surface area (Å²) in [7, 11) is 0. The number of carbonyl (C=O) groups is 2. The van der Waals surface area contributed by atoms with Crippen molar-refractivity contribution in [3.8, 4) is 0 Å². The van der Waals surface area contributed by atoms with Crippen LogP contribution in [-0.4, -0.2) is 36.9 Å². The third kappa shape index (κ3) is 12.2. The topological polar surface area (TPSA) is 78.6 Å². The van der Waals surface area contributed by atoms with Crippen molar-refractivity contribution >= 4 is 11.8 Å². The maximum absolute atomic E-state index is 12.3. The van der Waals surface area contributed by atoms with Crippen LogP contribution in [-0.2, 0) is 19.1 Å². The van der Waals surface area contributed by atoms with Crippen LogP contribution in [0.4, 0.5) is 13.2 Å². The molecule has 5 nitrogen and oxygen atoms in total. The molecule has 0 spiro atoms. The van der Waals surface area contributed by atoms with Gasteiger partial charge >= 0.3 is 12.3 Å². The quantitative estimate of drug-likeness (QED) is 0.337. The largest absolute Gasteiger partial charge is 0.522 e. The van der Waals surface area contributed by atoms with E-state index >= 15 is 0 Å². The summed E-state index contributed by atoms with van der Waals surface area (Å²) in [5, 5.41) is 0. The second-order valence-corrected chi connectivity index (χ2v) is 6.55. The average Bonchev–Trinajstić information content (AvgIpc) is 2.55. The molecule has 0 aliphatic carbocycles. The Bertz CT molecular complexity index is 416. The van der Waals surface area contributed by atoms with Gasteiger partial charge in [-0.1, -0.05) is 51.9 Å². The normalized spacial score (nSPS) is 14.1. The molecule has 154 valence electrons. The molecular formula is C18H32F3NO4. The van der Waals surface area contributed by atoms with E-state index in [1.807, 2.05) is 0 Å². The lowest BCUT2D eigenvalue weighted by Crippen LogP contribution is -2.55. The average molecular weight is 383 g/mol. The second kappa shape index (κ2) is 13.1. The summed E-state index contributed by atoms with van der Waals surface area (Å²) in [6.45, 7) is 2.47. The first-order chi connectivity index (χ1) is 12.1. The van der Waals surface area contributed by atoms with Crippen LogP contribution in [0.5, 0.6) is 0 Å². The first kappa shape index (κ1) is 24.8. The molecule has 0 rings (SSSR count). The third-order valence-electron chi connectivity index (χ3n) is 4.00. The highest BCUT2D eigenvalue weighted by atomic mass is 19.4. The van der Waals surface area contributed by atoms with E-state index in [9.17, 15) is 22.8 Å². The lowest BCUT2D eigenvalue weighted by molar-refractivity contribution is -0.328. The number of nitrogens with two attached hydrogens (primary N) is 1. The summed E-state index contributed by atoms with van der Waals surface area (Å²) in [4.78, 5) is 23.9. The molecule has 0 aliphatic heterocycles. The van der Waals surface area contributed by atoms with Gasteiger partial charge in [0, 0.05) is 12.8 Å². The molecule has 2 N–H and O–H groups in total. The van der Waals surface area contributed by atoms with Gasteiger partial charge in [-0.3, -0.25) is 9.53 Å². The van der Waals surface area contributed by atoms with Crippen LogP contribution < -0.4 is 5.73 Å². The number of alkyl halides is 3. The van der Waals surface area contributed by atoms with Crippen LogP contribution in [0.3, 0.4) is 0 Å². The van der Waals surface area contributed by atoms with Crippen LogP contribution in [0.15, 0.2) is 0 Å². The van der Waals surface area contributed by atoms with Gasteiger partial charge in [0.15, 0.2) is 0 Å². The number of halogens is 3. The number of ether oxygens (including phenoxy) is 2. The molecule has 26 heavy (non-hydrogen) atoms. The van der Waals surface area contributed by atoms with Gasteiger partial charge in [-0.15, -0.1) is 13.2 Å². The van der Waals surface area contributed by atoms with E-state index in [0.29, 0.717) is 6.42 Å². The lowest BCUT2D eigenvalue weighted by atomic mass is 9.92. The molecule has 0 fully saturated rings. The molecule has 0 aromatic carbocycles. The molecule has 1 atom stereocenters. The Morgan fingerprint density at radius 1 is 0.923 bits per heavy atom. The summed E-state index contributed by atoms with van der Waals surface area (Å²) in [6.07, 6.45) is 3.14. The van der Waals surface area contributed by atoms with Crippen molar-refractivity contribution in [1.29, 1.82) is 0 Å². The van der Waals surface area contributed by atoms with Crippen molar-refractivity contribution in [2.45, 2.75) is 90.0 Å². The standard InChI is InChI=1S/C18H32F3NO4/c1-3-5-6-7-8-9-10-11-12-15(23)13-17(22,16(24)25-4-2)14-26-18(19,20)21/h3-14,22H2,1-2H3. The minimum absolute atomic E-state index is 0.0456. The van der Waals surface area contributed by atoms with Gasteiger partial charge < -0.3 is 10.5 Å². The summed E-state index contributed by atoms with van der Waals surface area (Å²) >= 11 is 0. The number of esters is 1. The Balaban J connectivity index is 4.30. The van der Waals surface area contributed by atoms with E-state index in [0.717, 1.165) is 19.3 Å². The van der Waals surface area contributed by atoms with E-state index in [-0.39, 0.29) is 18.8 Å². The van der Waals surface area contributed by atoms with Gasteiger partial charge in [0.05, 0.1) is 13.2 Å². The number of rotatable bonds is 15. The van der Waals surface area contributed by atoms with Crippen molar-refractivity contribution in [3.63, 3.8) is 0 Å². The first-order valence-electron chi connectivity index (χ1n) is 9.33. The second-order valence-electron chi connectivity index (χ2n) is 6.55. The first-order valence-corrected chi connectivity index (χ1v) is 9.33. The van der Waals surface area contributed by atoms with Gasteiger partial charge in [-0.05, 0) is 13.3 Å². The third-order valence-corrected chi connectivity index (χ3v) is 4.00. The smallest absolute Gasteiger partial charge is 0.465 e. The molecule has 0 aromatic rings. The number of ketones is 1. The van der Waals surface area contributed by atoms with Crippen LogP contribution in [0.25, 0.3) is 0 Å². The molecule has 0 saturated heterocycles. The van der Waals surface area contributed by atoms with E-state index in [1.54, 1.807) is 0 Å². The number of Topliss-reactive ketones (excluding diaryl/α,β-unsaturated/α-hetero) is 1. The van der Waals surface area contributed by atoms with Crippen molar-refractivity contribution in [3.05, 3.63) is 0 Å². The van der Waals surface area contributed by atoms with Crippen molar-refractivity contribution in [2.24, 2.45) is 5.73 Å². The number of hydrogen-bond donors (Lipinski definition) is 1. The highest BCUT2D eigenvalue weighted by Gasteiger charge is 2.42. The van der Waals surface area contributed by atoms with Gasteiger partial charge in [0.1, 0.15) is 11.3 Å². The van der Waals surface area contributed by atoms with Gasteiger partial charge in [0.2, 0.25) is 0 Å². The fourth-order valence-corrected chi connectivity index (χ4v) is 2.56. The maximum atomic E-state index is 12.3.